The number of nitrogens with zero attached hydrogens (tertiary/aromatic N) is 1. The molecule has 18 heavy (non-hydrogen) atoms. The summed E-state index contributed by atoms with van der Waals surface area (Å²) in [5, 5.41) is 3.25. The highest BCUT2D eigenvalue weighted by molar-refractivity contribution is 5.75. The van der Waals surface area contributed by atoms with E-state index < -0.39 is 5.60 Å². The Morgan fingerprint density at radius 2 is 1.94 bits per heavy atom. The van der Waals surface area contributed by atoms with Crippen LogP contribution in [0.15, 0.2) is 0 Å². The van der Waals surface area contributed by atoms with Crippen molar-refractivity contribution < 1.29 is 9.53 Å². The van der Waals surface area contributed by atoms with Crippen LogP contribution < -0.4 is 5.32 Å². The lowest BCUT2D eigenvalue weighted by Crippen LogP contribution is -2.45. The molecule has 0 bridgehead atoms. The van der Waals surface area contributed by atoms with Gasteiger partial charge in [-0.05, 0) is 54.5 Å². The highest BCUT2D eigenvalue weighted by Crippen LogP contribution is 2.26. The first-order chi connectivity index (χ1) is 8.20. The van der Waals surface area contributed by atoms with Gasteiger partial charge >= 0.3 is 5.97 Å². The third-order valence-electron chi connectivity index (χ3n) is 3.30. The van der Waals surface area contributed by atoms with Gasteiger partial charge in [-0.2, -0.15) is 0 Å². The van der Waals surface area contributed by atoms with E-state index in [1.54, 1.807) is 0 Å². The Morgan fingerprint density at radius 3 is 2.39 bits per heavy atom. The fraction of sp³-hybridized carbons (Fsp3) is 0.929. The number of likely N-dealkylation sites (N-methyl/N-ethyl adjacent to an activating group) is 1. The Hall–Kier alpha value is -0.610. The summed E-state index contributed by atoms with van der Waals surface area (Å²) < 4.78 is 5.34. The lowest BCUT2D eigenvalue weighted by atomic mass is 10.2. The fourth-order valence-electron chi connectivity index (χ4n) is 1.81. The third kappa shape index (κ3) is 5.36. The van der Waals surface area contributed by atoms with Crippen molar-refractivity contribution in [1.29, 1.82) is 0 Å². The minimum atomic E-state index is -0.413. The zero-order valence-electron chi connectivity index (χ0n) is 12.6. The van der Waals surface area contributed by atoms with Gasteiger partial charge in [-0.15, -0.1) is 0 Å². The van der Waals surface area contributed by atoms with Crippen LogP contribution in [0.5, 0.6) is 0 Å². The van der Waals surface area contributed by atoms with Crippen molar-refractivity contribution in [3.05, 3.63) is 0 Å². The molecule has 1 N–H and O–H groups in total. The second-order valence-electron chi connectivity index (χ2n) is 6.41. The van der Waals surface area contributed by atoms with Crippen molar-refractivity contribution in [3.8, 4) is 0 Å². The minimum Gasteiger partial charge on any atom is -0.459 e. The van der Waals surface area contributed by atoms with Crippen LogP contribution in [0.25, 0.3) is 0 Å². The van der Waals surface area contributed by atoms with Gasteiger partial charge in [0.1, 0.15) is 11.6 Å². The molecule has 0 aromatic rings. The van der Waals surface area contributed by atoms with Gasteiger partial charge in [-0.3, -0.25) is 9.69 Å². The van der Waals surface area contributed by atoms with E-state index in [1.165, 1.54) is 12.8 Å². The molecule has 1 rings (SSSR count). The SMILES string of the molecule is CC(NCC(C)N(C)C1CC1)C(=O)OC(C)(C)C. The molecule has 2 atom stereocenters. The maximum absolute atomic E-state index is 11.8. The van der Waals surface area contributed by atoms with Crippen molar-refractivity contribution in [1.82, 2.24) is 10.2 Å². The van der Waals surface area contributed by atoms with E-state index in [2.05, 4.69) is 24.2 Å². The molecule has 1 aliphatic carbocycles. The molecule has 2 unspecified atom stereocenters. The number of esters is 1. The van der Waals surface area contributed by atoms with Crippen LogP contribution in [-0.4, -0.2) is 48.2 Å². The summed E-state index contributed by atoms with van der Waals surface area (Å²) in [5.74, 6) is -0.177. The molecule has 0 aromatic carbocycles. The Morgan fingerprint density at radius 1 is 1.39 bits per heavy atom. The number of carbonyl (C=O) groups is 1. The summed E-state index contributed by atoms with van der Waals surface area (Å²) in [6.07, 6.45) is 2.62. The average Bonchev–Trinajstić information content (AvgIpc) is 3.05. The Labute approximate surface area is 111 Å². The molecular weight excluding hydrogens is 228 g/mol. The van der Waals surface area contributed by atoms with E-state index in [0.29, 0.717) is 6.04 Å². The maximum Gasteiger partial charge on any atom is 0.323 e. The van der Waals surface area contributed by atoms with E-state index in [4.69, 9.17) is 4.74 Å². The van der Waals surface area contributed by atoms with Gasteiger partial charge in [0, 0.05) is 18.6 Å². The minimum absolute atomic E-state index is 0.177. The summed E-state index contributed by atoms with van der Waals surface area (Å²) in [5.41, 5.74) is -0.413. The quantitative estimate of drug-likeness (QED) is 0.736. The lowest BCUT2D eigenvalue weighted by molar-refractivity contribution is -0.157. The fourth-order valence-corrected chi connectivity index (χ4v) is 1.81. The first-order valence-electron chi connectivity index (χ1n) is 6.89. The smallest absolute Gasteiger partial charge is 0.323 e. The second-order valence-corrected chi connectivity index (χ2v) is 6.41. The molecule has 4 nitrogen and oxygen atoms in total. The van der Waals surface area contributed by atoms with E-state index in [9.17, 15) is 4.79 Å². The van der Waals surface area contributed by atoms with Crippen LogP contribution in [0.2, 0.25) is 0 Å². The number of carbonyl (C=O) groups excluding carboxylic acids is 1. The molecule has 0 aromatic heterocycles. The van der Waals surface area contributed by atoms with Crippen LogP contribution in [0.4, 0.5) is 0 Å². The van der Waals surface area contributed by atoms with E-state index >= 15 is 0 Å². The van der Waals surface area contributed by atoms with Crippen LogP contribution >= 0.6 is 0 Å². The first kappa shape index (κ1) is 15.4. The third-order valence-corrected chi connectivity index (χ3v) is 3.30. The van der Waals surface area contributed by atoms with Gasteiger partial charge in [-0.25, -0.2) is 0 Å². The molecule has 0 heterocycles. The molecule has 0 saturated heterocycles. The van der Waals surface area contributed by atoms with Crippen LogP contribution in [0.3, 0.4) is 0 Å². The summed E-state index contributed by atoms with van der Waals surface area (Å²) >= 11 is 0. The largest absolute Gasteiger partial charge is 0.459 e. The molecule has 4 heteroatoms. The summed E-state index contributed by atoms with van der Waals surface area (Å²) in [6, 6.07) is 0.945. The highest BCUT2D eigenvalue weighted by Gasteiger charge is 2.29. The molecule has 0 radical (unpaired) electrons. The molecule has 0 spiro atoms. The predicted molar refractivity (Wildman–Crippen MR) is 73.6 cm³/mol. The average molecular weight is 256 g/mol. The monoisotopic (exact) mass is 256 g/mol. The molecule has 1 saturated carbocycles. The number of rotatable bonds is 6. The van der Waals surface area contributed by atoms with Crippen molar-refractivity contribution in [2.75, 3.05) is 13.6 Å². The number of nitrogens with one attached hydrogen (secondary N) is 1. The number of ether oxygens (including phenoxy) is 1. The van der Waals surface area contributed by atoms with Crippen molar-refractivity contribution in [3.63, 3.8) is 0 Å². The highest BCUT2D eigenvalue weighted by atomic mass is 16.6. The van der Waals surface area contributed by atoms with Gasteiger partial charge in [-0.1, -0.05) is 0 Å². The predicted octanol–water partition coefficient (Wildman–Crippen LogP) is 1.79. The first-order valence-corrected chi connectivity index (χ1v) is 6.89. The standard InChI is InChI=1S/C14H28N2O2/c1-10(16(6)12-7-8-12)9-15-11(2)13(17)18-14(3,4)5/h10-12,15H,7-9H2,1-6H3. The van der Waals surface area contributed by atoms with Gasteiger partial charge in [0.05, 0.1) is 0 Å². The van der Waals surface area contributed by atoms with Crippen LogP contribution in [0.1, 0.15) is 47.5 Å². The van der Waals surface area contributed by atoms with Crippen molar-refractivity contribution >= 4 is 5.97 Å². The Bertz CT molecular complexity index is 282. The number of hydrogen-bond donors (Lipinski definition) is 1. The second kappa shape index (κ2) is 6.02. The topological polar surface area (TPSA) is 41.6 Å². The molecule has 0 aliphatic heterocycles. The zero-order valence-corrected chi connectivity index (χ0v) is 12.6. The van der Waals surface area contributed by atoms with Crippen LogP contribution in [-0.2, 0) is 9.53 Å². The van der Waals surface area contributed by atoms with E-state index in [1.807, 2.05) is 27.7 Å². The molecule has 1 aliphatic rings. The Balaban J connectivity index is 2.27. The molecular formula is C14H28N2O2. The zero-order chi connectivity index (χ0) is 13.9. The normalized spacial score (nSPS) is 19.7. The van der Waals surface area contributed by atoms with Gasteiger partial charge in [0.15, 0.2) is 0 Å². The van der Waals surface area contributed by atoms with Crippen molar-refractivity contribution in [2.45, 2.75) is 71.2 Å². The summed E-state index contributed by atoms with van der Waals surface area (Å²) in [6.45, 7) is 10.5. The maximum atomic E-state index is 11.8. The molecule has 1 fully saturated rings. The van der Waals surface area contributed by atoms with Crippen molar-refractivity contribution in [2.24, 2.45) is 0 Å². The molecule has 0 amide bonds. The number of hydrogen-bond acceptors (Lipinski definition) is 4. The van der Waals surface area contributed by atoms with Gasteiger partial charge in [0.25, 0.3) is 0 Å². The Kier molecular flexibility index (Phi) is 5.17. The lowest BCUT2D eigenvalue weighted by Gasteiger charge is -2.27. The van der Waals surface area contributed by atoms with E-state index in [0.717, 1.165) is 12.6 Å². The van der Waals surface area contributed by atoms with Gasteiger partial charge in [0.2, 0.25) is 0 Å². The van der Waals surface area contributed by atoms with Crippen LogP contribution in [0, 0.1) is 0 Å². The van der Waals surface area contributed by atoms with Gasteiger partial charge < -0.3 is 10.1 Å². The summed E-state index contributed by atoms with van der Waals surface area (Å²) in [7, 11) is 2.15. The molecule has 106 valence electrons. The summed E-state index contributed by atoms with van der Waals surface area (Å²) in [4.78, 5) is 14.2. The van der Waals surface area contributed by atoms with E-state index in [-0.39, 0.29) is 12.0 Å².